The van der Waals surface area contributed by atoms with Gasteiger partial charge in [0.25, 0.3) is 0 Å². The molecule has 4 N–H and O–H groups in total. The van der Waals surface area contributed by atoms with Crippen LogP contribution < -0.4 is 11.1 Å². The average Bonchev–Trinajstić information content (AvgIpc) is 2.58. The number of benzene rings is 2. The van der Waals surface area contributed by atoms with E-state index in [0.717, 1.165) is 12.1 Å². The van der Waals surface area contributed by atoms with Gasteiger partial charge in [0.15, 0.2) is 5.82 Å². The standard InChI is InChI=1S/C17H13ClF3N5/c18-11-4-1-9(2-5-11)15-25-13-7-10(17(19,20)21)3-6-12(13)16(26-15)24-8-14(22)23/h1-7H,8H2,(H3,22,23)(H,24,25,26). The number of anilines is 1. The molecular formula is C17H13ClF3N5. The maximum absolute atomic E-state index is 13.0. The summed E-state index contributed by atoms with van der Waals surface area (Å²) in [6, 6.07) is 9.85. The van der Waals surface area contributed by atoms with E-state index in [2.05, 4.69) is 15.3 Å². The molecule has 0 radical (unpaired) electrons. The van der Waals surface area contributed by atoms with Crippen molar-refractivity contribution in [3.63, 3.8) is 0 Å². The number of hydrogen-bond donors (Lipinski definition) is 3. The van der Waals surface area contributed by atoms with Gasteiger partial charge in [0.2, 0.25) is 0 Å². The summed E-state index contributed by atoms with van der Waals surface area (Å²) in [5.74, 6) is 0.403. The van der Waals surface area contributed by atoms with Gasteiger partial charge in [0, 0.05) is 16.0 Å². The van der Waals surface area contributed by atoms with E-state index >= 15 is 0 Å². The zero-order valence-electron chi connectivity index (χ0n) is 13.2. The first kappa shape index (κ1) is 17.9. The minimum atomic E-state index is -4.48. The van der Waals surface area contributed by atoms with Crippen LogP contribution in [0, 0.1) is 5.41 Å². The maximum Gasteiger partial charge on any atom is 0.416 e. The average molecular weight is 380 g/mol. The first-order valence-corrected chi connectivity index (χ1v) is 7.83. The summed E-state index contributed by atoms with van der Waals surface area (Å²) in [6.45, 7) is 0.00714. The summed E-state index contributed by atoms with van der Waals surface area (Å²) in [7, 11) is 0. The number of alkyl halides is 3. The van der Waals surface area contributed by atoms with E-state index in [1.165, 1.54) is 6.07 Å². The van der Waals surface area contributed by atoms with Crippen molar-refractivity contribution in [1.29, 1.82) is 5.41 Å². The third-order valence-electron chi connectivity index (χ3n) is 3.57. The van der Waals surface area contributed by atoms with Gasteiger partial charge in [-0.05, 0) is 42.5 Å². The van der Waals surface area contributed by atoms with Crippen LogP contribution in [-0.4, -0.2) is 22.3 Å². The molecule has 26 heavy (non-hydrogen) atoms. The van der Waals surface area contributed by atoms with Crippen molar-refractivity contribution < 1.29 is 13.2 Å². The SMILES string of the molecule is N=C(N)CNc1nc(-c2ccc(Cl)cc2)nc2cc(C(F)(F)F)ccc12. The number of rotatable bonds is 4. The van der Waals surface area contributed by atoms with Gasteiger partial charge in [-0.15, -0.1) is 0 Å². The Labute approximate surface area is 151 Å². The van der Waals surface area contributed by atoms with Crippen LogP contribution >= 0.6 is 11.6 Å². The molecule has 9 heteroatoms. The summed E-state index contributed by atoms with van der Waals surface area (Å²) >= 11 is 5.87. The molecule has 1 aromatic heterocycles. The first-order valence-electron chi connectivity index (χ1n) is 7.46. The topological polar surface area (TPSA) is 87.7 Å². The van der Waals surface area contributed by atoms with Gasteiger partial charge in [0.05, 0.1) is 17.6 Å². The summed E-state index contributed by atoms with van der Waals surface area (Å²) in [5, 5.41) is 11.1. The summed E-state index contributed by atoms with van der Waals surface area (Å²) in [6.07, 6.45) is -4.48. The van der Waals surface area contributed by atoms with Crippen LogP contribution in [0.1, 0.15) is 5.56 Å². The lowest BCUT2D eigenvalue weighted by Crippen LogP contribution is -2.21. The van der Waals surface area contributed by atoms with Crippen molar-refractivity contribution in [3.05, 3.63) is 53.1 Å². The van der Waals surface area contributed by atoms with Gasteiger partial charge >= 0.3 is 6.18 Å². The highest BCUT2D eigenvalue weighted by molar-refractivity contribution is 6.30. The summed E-state index contributed by atoms with van der Waals surface area (Å²) < 4.78 is 39.1. The lowest BCUT2D eigenvalue weighted by molar-refractivity contribution is -0.137. The summed E-state index contributed by atoms with van der Waals surface area (Å²) in [4.78, 5) is 8.62. The maximum atomic E-state index is 13.0. The van der Waals surface area contributed by atoms with Gasteiger partial charge in [-0.25, -0.2) is 9.97 Å². The number of aromatic nitrogens is 2. The second-order valence-corrected chi connectivity index (χ2v) is 5.95. The molecule has 0 saturated heterocycles. The van der Waals surface area contributed by atoms with Gasteiger partial charge in [0.1, 0.15) is 11.7 Å². The molecule has 0 aliphatic rings. The molecule has 2 aromatic carbocycles. The van der Waals surface area contributed by atoms with Crippen LogP contribution in [0.5, 0.6) is 0 Å². The fraction of sp³-hybridized carbons (Fsp3) is 0.118. The predicted molar refractivity (Wildman–Crippen MR) is 95.4 cm³/mol. The lowest BCUT2D eigenvalue weighted by atomic mass is 10.1. The Balaban J connectivity index is 2.18. The number of nitrogens with one attached hydrogen (secondary N) is 2. The van der Waals surface area contributed by atoms with Crippen molar-refractivity contribution in [1.82, 2.24) is 9.97 Å². The first-order chi connectivity index (χ1) is 12.2. The fourth-order valence-corrected chi connectivity index (χ4v) is 2.47. The van der Waals surface area contributed by atoms with E-state index in [9.17, 15) is 13.2 Å². The number of nitrogens with two attached hydrogens (primary N) is 1. The Kier molecular flexibility index (Phi) is 4.69. The predicted octanol–water partition coefficient (Wildman–Crippen LogP) is 4.32. The van der Waals surface area contributed by atoms with Gasteiger partial charge in [-0.3, -0.25) is 5.41 Å². The summed E-state index contributed by atoms with van der Waals surface area (Å²) in [5.41, 5.74) is 5.27. The monoisotopic (exact) mass is 379 g/mol. The number of hydrogen-bond acceptors (Lipinski definition) is 4. The molecule has 0 saturated carbocycles. The number of halogens is 4. The second kappa shape index (κ2) is 6.80. The quantitative estimate of drug-likeness (QED) is 0.465. The molecule has 0 amide bonds. The van der Waals surface area contributed by atoms with E-state index in [-0.39, 0.29) is 23.7 Å². The van der Waals surface area contributed by atoms with E-state index < -0.39 is 11.7 Å². The Hall–Kier alpha value is -2.87. The molecule has 3 aromatic rings. The van der Waals surface area contributed by atoms with Crippen LogP contribution in [-0.2, 0) is 6.18 Å². The lowest BCUT2D eigenvalue weighted by Gasteiger charge is -2.13. The number of fused-ring (bicyclic) bond motifs is 1. The fourth-order valence-electron chi connectivity index (χ4n) is 2.35. The largest absolute Gasteiger partial charge is 0.416 e. The zero-order valence-corrected chi connectivity index (χ0v) is 14.0. The normalized spacial score (nSPS) is 11.5. The van der Waals surface area contributed by atoms with Crippen LogP contribution in [0.2, 0.25) is 5.02 Å². The minimum absolute atomic E-state index is 0.00714. The van der Waals surface area contributed by atoms with Gasteiger partial charge in [-0.2, -0.15) is 13.2 Å². The molecule has 1 heterocycles. The molecule has 0 spiro atoms. The molecule has 0 aliphatic heterocycles. The Morgan fingerprint density at radius 1 is 1.12 bits per heavy atom. The molecule has 0 atom stereocenters. The Bertz CT molecular complexity index is 971. The molecule has 5 nitrogen and oxygen atoms in total. The van der Waals surface area contributed by atoms with E-state index in [0.29, 0.717) is 21.8 Å². The van der Waals surface area contributed by atoms with Crippen molar-refractivity contribution in [2.24, 2.45) is 5.73 Å². The third-order valence-corrected chi connectivity index (χ3v) is 3.82. The molecule has 0 bridgehead atoms. The molecular weight excluding hydrogens is 367 g/mol. The molecule has 0 unspecified atom stereocenters. The molecule has 3 rings (SSSR count). The van der Waals surface area contributed by atoms with Gasteiger partial charge in [-0.1, -0.05) is 11.6 Å². The Morgan fingerprint density at radius 3 is 2.42 bits per heavy atom. The number of nitrogens with zero attached hydrogens (tertiary/aromatic N) is 2. The van der Waals surface area contributed by atoms with Crippen molar-refractivity contribution >= 4 is 34.2 Å². The smallest absolute Gasteiger partial charge is 0.386 e. The van der Waals surface area contributed by atoms with Crippen LogP contribution in [0.15, 0.2) is 42.5 Å². The van der Waals surface area contributed by atoms with Crippen molar-refractivity contribution in [3.8, 4) is 11.4 Å². The third kappa shape index (κ3) is 3.85. The molecule has 0 aliphatic carbocycles. The van der Waals surface area contributed by atoms with Crippen molar-refractivity contribution in [2.75, 3.05) is 11.9 Å². The van der Waals surface area contributed by atoms with Crippen molar-refractivity contribution in [2.45, 2.75) is 6.18 Å². The highest BCUT2D eigenvalue weighted by Gasteiger charge is 2.31. The highest BCUT2D eigenvalue weighted by atomic mass is 35.5. The van der Waals surface area contributed by atoms with Crippen LogP contribution in [0.4, 0.5) is 19.0 Å². The highest BCUT2D eigenvalue weighted by Crippen LogP contribution is 2.33. The van der Waals surface area contributed by atoms with Crippen LogP contribution in [0.3, 0.4) is 0 Å². The van der Waals surface area contributed by atoms with E-state index in [1.54, 1.807) is 24.3 Å². The van der Waals surface area contributed by atoms with Crippen LogP contribution in [0.25, 0.3) is 22.3 Å². The minimum Gasteiger partial charge on any atom is -0.386 e. The van der Waals surface area contributed by atoms with E-state index in [4.69, 9.17) is 22.7 Å². The van der Waals surface area contributed by atoms with Gasteiger partial charge < -0.3 is 11.1 Å². The molecule has 134 valence electrons. The zero-order chi connectivity index (χ0) is 18.9. The van der Waals surface area contributed by atoms with E-state index in [1.807, 2.05) is 0 Å². The number of amidine groups is 1. The molecule has 0 fully saturated rings. The second-order valence-electron chi connectivity index (χ2n) is 5.51. The Morgan fingerprint density at radius 2 is 1.81 bits per heavy atom.